The van der Waals surface area contributed by atoms with Crippen LogP contribution in [-0.2, 0) is 6.42 Å². The normalized spacial score (nSPS) is 15.2. The number of rotatable bonds is 3. The molecule has 3 N–H and O–H groups in total. The topological polar surface area (TPSA) is 120 Å². The summed E-state index contributed by atoms with van der Waals surface area (Å²) >= 11 is 0. The summed E-state index contributed by atoms with van der Waals surface area (Å²) in [6.45, 7) is 6.30. The number of hydrogen-bond acceptors (Lipinski definition) is 6. The number of methoxy groups -OCH3 is 1. The molecule has 8 nitrogen and oxygen atoms in total. The lowest BCUT2D eigenvalue weighted by atomic mass is 9.78. The van der Waals surface area contributed by atoms with E-state index in [0.717, 1.165) is 22.3 Å². The van der Waals surface area contributed by atoms with Crippen LogP contribution in [0.3, 0.4) is 0 Å². The molecule has 4 rings (SSSR count). The lowest BCUT2D eigenvalue weighted by Crippen LogP contribution is -2.32. The molecule has 0 amide bonds. The standard InChI is InChI=1S/C23H24N4O4/c1-23(2,3)20-6-12-5-15(13-9-25-22(24)26-10-13)19(31-4)7-14(12)17-8-18(28)16(21(29)30)11-27(17)20/h5,7-11,20H,6H2,1-4H3,(H,29,30)(H2,24,25,26). The Morgan fingerprint density at radius 3 is 2.45 bits per heavy atom. The van der Waals surface area contributed by atoms with Crippen molar-refractivity contribution in [2.24, 2.45) is 5.41 Å². The average molecular weight is 420 g/mol. The van der Waals surface area contributed by atoms with Crippen molar-refractivity contribution in [1.29, 1.82) is 0 Å². The number of aromatic nitrogens is 3. The number of nitrogen functional groups attached to an aromatic ring is 1. The van der Waals surface area contributed by atoms with Crippen molar-refractivity contribution in [3.63, 3.8) is 0 Å². The van der Waals surface area contributed by atoms with Crippen molar-refractivity contribution in [3.05, 3.63) is 58.1 Å². The van der Waals surface area contributed by atoms with Crippen molar-refractivity contribution >= 4 is 11.9 Å². The zero-order valence-electron chi connectivity index (χ0n) is 17.8. The van der Waals surface area contributed by atoms with Gasteiger partial charge in [-0.1, -0.05) is 20.8 Å². The van der Waals surface area contributed by atoms with Crippen LogP contribution < -0.4 is 15.9 Å². The van der Waals surface area contributed by atoms with Crippen LogP contribution in [0.5, 0.6) is 5.75 Å². The summed E-state index contributed by atoms with van der Waals surface area (Å²) in [5, 5.41) is 9.46. The van der Waals surface area contributed by atoms with E-state index in [1.165, 1.54) is 12.3 Å². The number of carbonyl (C=O) groups is 1. The fourth-order valence-electron chi connectivity index (χ4n) is 4.12. The van der Waals surface area contributed by atoms with Gasteiger partial charge in [-0.05, 0) is 29.5 Å². The maximum atomic E-state index is 12.5. The molecule has 1 aliphatic heterocycles. The van der Waals surface area contributed by atoms with Gasteiger partial charge in [-0.25, -0.2) is 14.8 Å². The van der Waals surface area contributed by atoms with E-state index < -0.39 is 11.4 Å². The number of nitrogens with two attached hydrogens (primary N) is 1. The second-order valence-electron chi connectivity index (χ2n) is 8.77. The zero-order valence-corrected chi connectivity index (χ0v) is 17.8. The molecule has 0 radical (unpaired) electrons. The molecule has 0 fully saturated rings. The van der Waals surface area contributed by atoms with Crippen LogP contribution in [0.4, 0.5) is 5.95 Å². The minimum atomic E-state index is -1.23. The van der Waals surface area contributed by atoms with E-state index in [0.29, 0.717) is 17.9 Å². The van der Waals surface area contributed by atoms with Crippen molar-refractivity contribution in [1.82, 2.24) is 14.5 Å². The minimum Gasteiger partial charge on any atom is -0.496 e. The molecule has 1 aliphatic rings. The smallest absolute Gasteiger partial charge is 0.341 e. The van der Waals surface area contributed by atoms with Crippen molar-refractivity contribution < 1.29 is 14.6 Å². The van der Waals surface area contributed by atoms with E-state index in [1.54, 1.807) is 19.5 Å². The Morgan fingerprint density at radius 2 is 1.87 bits per heavy atom. The van der Waals surface area contributed by atoms with Crippen LogP contribution in [0, 0.1) is 5.41 Å². The van der Waals surface area contributed by atoms with Gasteiger partial charge in [-0.15, -0.1) is 0 Å². The Labute approximate surface area is 179 Å². The number of aromatic carboxylic acids is 1. The second kappa shape index (κ2) is 7.23. The highest BCUT2D eigenvalue weighted by molar-refractivity contribution is 5.88. The summed E-state index contributed by atoms with van der Waals surface area (Å²) < 4.78 is 7.54. The maximum Gasteiger partial charge on any atom is 0.341 e. The number of hydrogen-bond donors (Lipinski definition) is 2. The SMILES string of the molecule is COc1cc2c(cc1-c1cnc(N)nc1)CC(C(C)(C)C)n1cc(C(=O)O)c(=O)cc1-2. The van der Waals surface area contributed by atoms with Crippen LogP contribution >= 0.6 is 0 Å². The minimum absolute atomic E-state index is 0.0439. The summed E-state index contributed by atoms with van der Waals surface area (Å²) in [7, 11) is 1.57. The molecule has 0 aliphatic carbocycles. The first-order chi connectivity index (χ1) is 14.6. The van der Waals surface area contributed by atoms with E-state index >= 15 is 0 Å². The fraction of sp³-hybridized carbons (Fsp3) is 0.304. The van der Waals surface area contributed by atoms with Gasteiger partial charge in [0.25, 0.3) is 0 Å². The molecule has 0 saturated heterocycles. The molecule has 160 valence electrons. The van der Waals surface area contributed by atoms with E-state index in [4.69, 9.17) is 10.5 Å². The predicted molar refractivity (Wildman–Crippen MR) is 117 cm³/mol. The highest BCUT2D eigenvalue weighted by Crippen LogP contribution is 2.45. The number of ether oxygens (including phenoxy) is 1. The number of fused-ring (bicyclic) bond motifs is 3. The Balaban J connectivity index is 1.99. The lowest BCUT2D eigenvalue weighted by Gasteiger charge is -2.39. The molecular formula is C23H24N4O4. The average Bonchev–Trinajstić information content (AvgIpc) is 2.71. The highest BCUT2D eigenvalue weighted by Gasteiger charge is 2.34. The van der Waals surface area contributed by atoms with Crippen molar-refractivity contribution in [2.45, 2.75) is 33.2 Å². The highest BCUT2D eigenvalue weighted by atomic mass is 16.5. The van der Waals surface area contributed by atoms with Crippen LogP contribution in [0.25, 0.3) is 22.4 Å². The van der Waals surface area contributed by atoms with Crippen LogP contribution in [0.2, 0.25) is 0 Å². The van der Waals surface area contributed by atoms with Gasteiger partial charge in [0.15, 0.2) is 5.43 Å². The first kappa shape index (κ1) is 20.6. The van der Waals surface area contributed by atoms with E-state index in [9.17, 15) is 14.7 Å². The molecule has 1 unspecified atom stereocenters. The molecule has 31 heavy (non-hydrogen) atoms. The number of carboxylic acids is 1. The summed E-state index contributed by atoms with van der Waals surface area (Å²) in [6, 6.07) is 5.27. The van der Waals surface area contributed by atoms with Crippen molar-refractivity contribution in [3.8, 4) is 28.1 Å². The molecule has 1 atom stereocenters. The number of pyridine rings is 1. The molecule has 0 saturated carbocycles. The van der Waals surface area contributed by atoms with Gasteiger partial charge in [-0.2, -0.15) is 0 Å². The van der Waals surface area contributed by atoms with Gasteiger partial charge >= 0.3 is 5.97 Å². The first-order valence-corrected chi connectivity index (χ1v) is 9.89. The number of carboxylic acid groups (broad SMARTS) is 1. The van der Waals surface area contributed by atoms with Gasteiger partial charge in [-0.3, -0.25) is 4.79 Å². The van der Waals surface area contributed by atoms with E-state index in [1.807, 2.05) is 16.7 Å². The molecule has 3 heterocycles. The predicted octanol–water partition coefficient (Wildman–Crippen LogP) is 3.40. The number of anilines is 1. The largest absolute Gasteiger partial charge is 0.496 e. The fourth-order valence-corrected chi connectivity index (χ4v) is 4.12. The van der Waals surface area contributed by atoms with Crippen LogP contribution in [0.15, 0.2) is 41.6 Å². The summed E-state index contributed by atoms with van der Waals surface area (Å²) in [5.74, 6) is -0.436. The van der Waals surface area contributed by atoms with Crippen LogP contribution in [-0.4, -0.2) is 32.7 Å². The summed E-state index contributed by atoms with van der Waals surface area (Å²) in [6.07, 6.45) is 5.43. The Kier molecular flexibility index (Phi) is 4.80. The lowest BCUT2D eigenvalue weighted by molar-refractivity contribution is 0.0693. The molecule has 3 aromatic rings. The Bertz CT molecular complexity index is 1240. The summed E-state index contributed by atoms with van der Waals surface area (Å²) in [4.78, 5) is 32.3. The van der Waals surface area contributed by atoms with Gasteiger partial charge in [0.05, 0.1) is 12.8 Å². The Morgan fingerprint density at radius 1 is 1.19 bits per heavy atom. The van der Waals surface area contributed by atoms with Crippen molar-refractivity contribution in [2.75, 3.05) is 12.8 Å². The maximum absolute atomic E-state index is 12.5. The van der Waals surface area contributed by atoms with E-state index in [2.05, 4.69) is 30.7 Å². The zero-order chi connectivity index (χ0) is 22.5. The van der Waals surface area contributed by atoms with Gasteiger partial charge < -0.3 is 20.1 Å². The molecule has 1 aromatic carbocycles. The number of benzene rings is 1. The molecule has 0 bridgehead atoms. The monoisotopic (exact) mass is 420 g/mol. The summed E-state index contributed by atoms with van der Waals surface area (Å²) in [5.41, 5.74) is 8.84. The third-order valence-corrected chi connectivity index (χ3v) is 5.74. The molecule has 2 aromatic heterocycles. The molecule has 0 spiro atoms. The second-order valence-corrected chi connectivity index (χ2v) is 8.77. The molecule has 8 heteroatoms. The quantitative estimate of drug-likeness (QED) is 0.666. The number of nitrogens with zero attached hydrogens (tertiary/aromatic N) is 3. The van der Waals surface area contributed by atoms with Crippen LogP contribution in [0.1, 0.15) is 42.7 Å². The van der Waals surface area contributed by atoms with E-state index in [-0.39, 0.29) is 23.0 Å². The molecular weight excluding hydrogens is 396 g/mol. The third kappa shape index (κ3) is 3.54. The van der Waals surface area contributed by atoms with Gasteiger partial charge in [0.1, 0.15) is 11.3 Å². The van der Waals surface area contributed by atoms with Gasteiger partial charge in [0.2, 0.25) is 5.95 Å². The third-order valence-electron chi connectivity index (χ3n) is 5.74. The Hall–Kier alpha value is -3.68. The van der Waals surface area contributed by atoms with Gasteiger partial charge in [0, 0.05) is 47.4 Å². The first-order valence-electron chi connectivity index (χ1n) is 9.89.